The molecule has 112 valence electrons. The molecule has 0 radical (unpaired) electrons. The lowest BCUT2D eigenvalue weighted by Gasteiger charge is -2.28. The first kappa shape index (κ1) is 16.8. The van der Waals surface area contributed by atoms with E-state index < -0.39 is 0 Å². The lowest BCUT2D eigenvalue weighted by atomic mass is 9.97. The van der Waals surface area contributed by atoms with Gasteiger partial charge in [-0.3, -0.25) is 4.79 Å². The quantitative estimate of drug-likeness (QED) is 0.874. The van der Waals surface area contributed by atoms with Crippen LogP contribution in [0, 0.1) is 0 Å². The zero-order valence-electron chi connectivity index (χ0n) is 11.9. The Morgan fingerprint density at radius 3 is 2.60 bits per heavy atom. The summed E-state index contributed by atoms with van der Waals surface area (Å²) < 4.78 is 5.26. The number of methoxy groups -OCH3 is 1. The average Bonchev–Trinajstić information content (AvgIpc) is 2.88. The van der Waals surface area contributed by atoms with Crippen molar-refractivity contribution >= 4 is 18.3 Å². The number of amides is 1. The van der Waals surface area contributed by atoms with E-state index in [0.29, 0.717) is 13.0 Å². The SMILES string of the molecule is COc1ccccc1CC(=O)NC1(CN)CCCC1.Cl. The number of benzene rings is 1. The standard InChI is InChI=1S/C15H22N2O2.ClH/c1-19-13-7-3-2-6-12(13)10-14(18)17-15(11-16)8-4-5-9-15;/h2-3,6-7H,4-5,8-11,16H2,1H3,(H,17,18);1H. The Morgan fingerprint density at radius 1 is 1.35 bits per heavy atom. The smallest absolute Gasteiger partial charge is 0.225 e. The first-order chi connectivity index (χ1) is 9.19. The number of carbonyl (C=O) groups excluding carboxylic acids is 1. The van der Waals surface area contributed by atoms with Gasteiger partial charge in [0.25, 0.3) is 0 Å². The number of para-hydroxylation sites is 1. The second-order valence-corrected chi connectivity index (χ2v) is 5.23. The molecule has 0 atom stereocenters. The molecule has 1 aliphatic carbocycles. The first-order valence-electron chi connectivity index (χ1n) is 6.82. The van der Waals surface area contributed by atoms with Crippen molar-refractivity contribution in [3.63, 3.8) is 0 Å². The van der Waals surface area contributed by atoms with Crippen LogP contribution in [0.25, 0.3) is 0 Å². The molecule has 2 rings (SSSR count). The molecule has 1 aromatic rings. The van der Waals surface area contributed by atoms with Gasteiger partial charge in [-0.15, -0.1) is 12.4 Å². The fourth-order valence-corrected chi connectivity index (χ4v) is 2.79. The van der Waals surface area contributed by atoms with Gasteiger partial charge in [-0.2, -0.15) is 0 Å². The van der Waals surface area contributed by atoms with Crippen LogP contribution in [0.1, 0.15) is 31.2 Å². The largest absolute Gasteiger partial charge is 0.496 e. The van der Waals surface area contributed by atoms with Crippen LogP contribution >= 0.6 is 12.4 Å². The highest BCUT2D eigenvalue weighted by atomic mass is 35.5. The zero-order chi connectivity index (χ0) is 13.7. The number of nitrogens with one attached hydrogen (secondary N) is 1. The molecular weight excluding hydrogens is 276 g/mol. The molecule has 0 heterocycles. The molecule has 5 heteroatoms. The Labute approximate surface area is 126 Å². The molecule has 1 aliphatic rings. The number of carbonyl (C=O) groups is 1. The molecule has 0 unspecified atom stereocenters. The van der Waals surface area contributed by atoms with Gasteiger partial charge in [0.15, 0.2) is 0 Å². The summed E-state index contributed by atoms with van der Waals surface area (Å²) >= 11 is 0. The van der Waals surface area contributed by atoms with E-state index in [-0.39, 0.29) is 23.9 Å². The van der Waals surface area contributed by atoms with Crippen molar-refractivity contribution in [3.8, 4) is 5.75 Å². The van der Waals surface area contributed by atoms with Crippen molar-refractivity contribution in [1.29, 1.82) is 0 Å². The molecule has 0 bridgehead atoms. The van der Waals surface area contributed by atoms with Gasteiger partial charge in [-0.05, 0) is 18.9 Å². The molecule has 0 saturated heterocycles. The number of nitrogens with two attached hydrogens (primary N) is 1. The minimum atomic E-state index is -0.181. The minimum Gasteiger partial charge on any atom is -0.496 e. The van der Waals surface area contributed by atoms with Crippen LogP contribution in [-0.4, -0.2) is 25.1 Å². The van der Waals surface area contributed by atoms with E-state index >= 15 is 0 Å². The summed E-state index contributed by atoms with van der Waals surface area (Å²) in [4.78, 5) is 12.2. The van der Waals surface area contributed by atoms with Crippen LogP contribution in [-0.2, 0) is 11.2 Å². The van der Waals surface area contributed by atoms with Crippen LogP contribution in [0.2, 0.25) is 0 Å². The van der Waals surface area contributed by atoms with Crippen molar-refractivity contribution in [1.82, 2.24) is 5.32 Å². The maximum absolute atomic E-state index is 12.2. The first-order valence-corrected chi connectivity index (χ1v) is 6.82. The summed E-state index contributed by atoms with van der Waals surface area (Å²) in [5.41, 5.74) is 6.56. The molecular formula is C15H23ClN2O2. The van der Waals surface area contributed by atoms with Gasteiger partial charge in [-0.25, -0.2) is 0 Å². The van der Waals surface area contributed by atoms with E-state index in [2.05, 4.69) is 5.32 Å². The van der Waals surface area contributed by atoms with Crippen molar-refractivity contribution in [2.24, 2.45) is 5.73 Å². The molecule has 1 saturated carbocycles. The third-order valence-corrected chi connectivity index (χ3v) is 3.90. The Balaban J connectivity index is 0.00000200. The van der Waals surface area contributed by atoms with E-state index in [4.69, 9.17) is 10.5 Å². The van der Waals surface area contributed by atoms with Crippen LogP contribution < -0.4 is 15.8 Å². The lowest BCUT2D eigenvalue weighted by molar-refractivity contribution is -0.122. The fourth-order valence-electron chi connectivity index (χ4n) is 2.79. The normalized spacial score (nSPS) is 16.3. The van der Waals surface area contributed by atoms with Gasteiger partial charge >= 0.3 is 0 Å². The third kappa shape index (κ3) is 3.87. The molecule has 0 aliphatic heterocycles. The number of rotatable bonds is 5. The maximum Gasteiger partial charge on any atom is 0.225 e. The number of halogens is 1. The Hall–Kier alpha value is -1.26. The van der Waals surface area contributed by atoms with Gasteiger partial charge < -0.3 is 15.8 Å². The van der Waals surface area contributed by atoms with E-state index in [1.54, 1.807) is 7.11 Å². The van der Waals surface area contributed by atoms with Crippen molar-refractivity contribution in [2.75, 3.05) is 13.7 Å². The Kier molecular flexibility index (Phi) is 6.30. The molecule has 3 N–H and O–H groups in total. The van der Waals surface area contributed by atoms with Crippen LogP contribution in [0.5, 0.6) is 5.75 Å². The van der Waals surface area contributed by atoms with E-state index in [1.165, 1.54) is 0 Å². The predicted octanol–water partition coefficient (Wildman–Crippen LogP) is 2.05. The van der Waals surface area contributed by atoms with Crippen molar-refractivity contribution in [3.05, 3.63) is 29.8 Å². The number of hydrogen-bond donors (Lipinski definition) is 2. The molecule has 1 fully saturated rings. The molecule has 0 spiro atoms. The predicted molar refractivity (Wildman–Crippen MR) is 82.3 cm³/mol. The molecule has 20 heavy (non-hydrogen) atoms. The maximum atomic E-state index is 12.2. The molecule has 0 aromatic heterocycles. The third-order valence-electron chi connectivity index (χ3n) is 3.90. The second kappa shape index (κ2) is 7.50. The zero-order valence-corrected chi connectivity index (χ0v) is 12.7. The van der Waals surface area contributed by atoms with Crippen LogP contribution in [0.15, 0.2) is 24.3 Å². The summed E-state index contributed by atoms with van der Waals surface area (Å²) in [7, 11) is 1.62. The summed E-state index contributed by atoms with van der Waals surface area (Å²) in [6.07, 6.45) is 4.60. The summed E-state index contributed by atoms with van der Waals surface area (Å²) in [5, 5.41) is 3.12. The lowest BCUT2D eigenvalue weighted by Crippen LogP contribution is -2.52. The van der Waals surface area contributed by atoms with Gasteiger partial charge in [0, 0.05) is 12.1 Å². The number of ether oxygens (including phenoxy) is 1. The topological polar surface area (TPSA) is 64.3 Å². The molecule has 1 aromatic carbocycles. The fraction of sp³-hybridized carbons (Fsp3) is 0.533. The van der Waals surface area contributed by atoms with E-state index in [9.17, 15) is 4.79 Å². The van der Waals surface area contributed by atoms with E-state index in [0.717, 1.165) is 37.0 Å². The van der Waals surface area contributed by atoms with Crippen molar-refractivity contribution in [2.45, 2.75) is 37.6 Å². The molecule has 1 amide bonds. The molecule has 4 nitrogen and oxygen atoms in total. The monoisotopic (exact) mass is 298 g/mol. The van der Waals surface area contributed by atoms with Crippen LogP contribution in [0.4, 0.5) is 0 Å². The highest BCUT2D eigenvalue weighted by Gasteiger charge is 2.33. The van der Waals surface area contributed by atoms with Gasteiger partial charge in [0.1, 0.15) is 5.75 Å². The summed E-state index contributed by atoms with van der Waals surface area (Å²) in [6.45, 7) is 0.519. The van der Waals surface area contributed by atoms with Crippen molar-refractivity contribution < 1.29 is 9.53 Å². The minimum absolute atomic E-state index is 0. The van der Waals surface area contributed by atoms with Gasteiger partial charge in [0.2, 0.25) is 5.91 Å². The average molecular weight is 299 g/mol. The summed E-state index contributed by atoms with van der Waals surface area (Å²) in [6, 6.07) is 7.61. The Bertz CT molecular complexity index is 445. The highest BCUT2D eigenvalue weighted by molar-refractivity contribution is 5.85. The second-order valence-electron chi connectivity index (χ2n) is 5.23. The Morgan fingerprint density at radius 2 is 2.00 bits per heavy atom. The van der Waals surface area contributed by atoms with Gasteiger partial charge in [-0.1, -0.05) is 31.0 Å². The number of hydrogen-bond acceptors (Lipinski definition) is 3. The highest BCUT2D eigenvalue weighted by Crippen LogP contribution is 2.29. The van der Waals surface area contributed by atoms with Crippen LogP contribution in [0.3, 0.4) is 0 Å². The van der Waals surface area contributed by atoms with Gasteiger partial charge in [0.05, 0.1) is 19.1 Å². The summed E-state index contributed by atoms with van der Waals surface area (Å²) in [5.74, 6) is 0.780. The van der Waals surface area contributed by atoms with E-state index in [1.807, 2.05) is 24.3 Å².